The van der Waals surface area contributed by atoms with E-state index in [4.69, 9.17) is 11.1 Å². The molecule has 0 aromatic rings. The minimum atomic E-state index is -0.361. The number of rotatable bonds is 5. The minimum absolute atomic E-state index is 0.0217. The highest BCUT2D eigenvalue weighted by Crippen LogP contribution is 2.17. The third kappa shape index (κ3) is 4.08. The molecule has 112 valence electrons. The van der Waals surface area contributed by atoms with Crippen molar-refractivity contribution >= 4 is 17.5 Å². The van der Waals surface area contributed by atoms with Crippen LogP contribution in [-0.4, -0.2) is 42.1 Å². The Labute approximate surface area is 119 Å². The van der Waals surface area contributed by atoms with Gasteiger partial charge in [-0.15, -0.1) is 0 Å². The van der Waals surface area contributed by atoms with Crippen LogP contribution in [0.4, 0.5) is 0 Å². The first-order valence-corrected chi connectivity index (χ1v) is 6.99. The molecule has 1 rings (SSSR count). The largest absolute Gasteiger partial charge is 0.402 e. The summed E-state index contributed by atoms with van der Waals surface area (Å²) >= 11 is 0. The Morgan fingerprint density at radius 1 is 1.50 bits per heavy atom. The summed E-state index contributed by atoms with van der Waals surface area (Å²) in [6, 6.07) is 0. The van der Waals surface area contributed by atoms with Crippen LogP contribution in [0.5, 0.6) is 0 Å². The molecule has 0 aliphatic carbocycles. The molecule has 0 aromatic carbocycles. The molecular formula is C14H24N4O2. The van der Waals surface area contributed by atoms with Crippen LogP contribution in [0, 0.1) is 17.2 Å². The van der Waals surface area contributed by atoms with Gasteiger partial charge in [0, 0.05) is 25.3 Å². The predicted molar refractivity (Wildman–Crippen MR) is 78.2 cm³/mol. The van der Waals surface area contributed by atoms with E-state index in [1.165, 1.54) is 6.08 Å². The highest BCUT2D eigenvalue weighted by Gasteiger charge is 2.31. The van der Waals surface area contributed by atoms with E-state index in [1.807, 2.05) is 20.8 Å². The molecule has 0 radical (unpaired) electrons. The van der Waals surface area contributed by atoms with Crippen molar-refractivity contribution in [1.29, 1.82) is 5.41 Å². The Hall–Kier alpha value is -1.85. The molecule has 0 aromatic heterocycles. The smallest absolute Gasteiger partial charge is 0.271 e. The van der Waals surface area contributed by atoms with E-state index in [0.29, 0.717) is 31.8 Å². The van der Waals surface area contributed by atoms with Crippen LogP contribution in [0.15, 0.2) is 11.8 Å². The Morgan fingerprint density at radius 3 is 2.70 bits per heavy atom. The average molecular weight is 280 g/mol. The maximum Gasteiger partial charge on any atom is 0.271 e. The summed E-state index contributed by atoms with van der Waals surface area (Å²) in [5, 5.41) is 10.6. The summed E-state index contributed by atoms with van der Waals surface area (Å²) in [5.74, 6) is -0.449. The van der Waals surface area contributed by atoms with E-state index in [-0.39, 0.29) is 29.4 Å². The zero-order valence-electron chi connectivity index (χ0n) is 12.4. The number of carbonyl (C=O) groups excluding carboxylic acids is 2. The normalized spacial score (nSPS) is 19.3. The molecule has 1 aliphatic rings. The van der Waals surface area contributed by atoms with Gasteiger partial charge in [-0.2, -0.15) is 0 Å². The number of nitrogens with zero attached hydrogens (tertiary/aromatic N) is 1. The van der Waals surface area contributed by atoms with Crippen LogP contribution in [0.2, 0.25) is 0 Å². The van der Waals surface area contributed by atoms with Gasteiger partial charge in [0.2, 0.25) is 5.91 Å². The van der Waals surface area contributed by atoms with Crippen LogP contribution in [0.3, 0.4) is 0 Å². The van der Waals surface area contributed by atoms with Gasteiger partial charge in [-0.05, 0) is 25.3 Å². The first kappa shape index (κ1) is 16.2. The summed E-state index contributed by atoms with van der Waals surface area (Å²) in [7, 11) is 0. The van der Waals surface area contributed by atoms with Crippen LogP contribution < -0.4 is 11.1 Å². The minimum Gasteiger partial charge on any atom is -0.402 e. The molecule has 1 saturated heterocycles. The SMILES string of the molecule is CCNC(=O)C1CCN(C(=O)C(=N)C=C(N)C(C)C)C1. The predicted octanol–water partition coefficient (Wildman–Crippen LogP) is 0.489. The van der Waals surface area contributed by atoms with Crippen molar-refractivity contribution in [2.45, 2.75) is 27.2 Å². The van der Waals surface area contributed by atoms with Crippen LogP contribution in [-0.2, 0) is 9.59 Å². The monoisotopic (exact) mass is 280 g/mol. The van der Waals surface area contributed by atoms with Crippen LogP contribution >= 0.6 is 0 Å². The Balaban J connectivity index is 2.60. The molecule has 6 heteroatoms. The lowest BCUT2D eigenvalue weighted by molar-refractivity contribution is -0.125. The molecule has 1 atom stereocenters. The molecule has 2 amide bonds. The van der Waals surface area contributed by atoms with Gasteiger partial charge in [0.1, 0.15) is 5.71 Å². The second kappa shape index (κ2) is 7.07. The highest BCUT2D eigenvalue weighted by molar-refractivity contribution is 6.42. The van der Waals surface area contributed by atoms with E-state index in [1.54, 1.807) is 4.90 Å². The van der Waals surface area contributed by atoms with Crippen molar-refractivity contribution < 1.29 is 9.59 Å². The van der Waals surface area contributed by atoms with Gasteiger partial charge < -0.3 is 16.0 Å². The lowest BCUT2D eigenvalue weighted by atomic mass is 10.1. The first-order chi connectivity index (χ1) is 9.36. The number of nitrogens with two attached hydrogens (primary N) is 1. The van der Waals surface area contributed by atoms with E-state index in [2.05, 4.69) is 5.32 Å². The second-order valence-electron chi connectivity index (χ2n) is 5.34. The van der Waals surface area contributed by atoms with Gasteiger partial charge >= 0.3 is 0 Å². The number of likely N-dealkylation sites (tertiary alicyclic amines) is 1. The lowest BCUT2D eigenvalue weighted by Gasteiger charge is -2.16. The lowest BCUT2D eigenvalue weighted by Crippen LogP contribution is -2.37. The summed E-state index contributed by atoms with van der Waals surface area (Å²) in [4.78, 5) is 25.4. The summed E-state index contributed by atoms with van der Waals surface area (Å²) in [6.07, 6.45) is 2.06. The van der Waals surface area contributed by atoms with Gasteiger partial charge in [-0.3, -0.25) is 15.0 Å². The van der Waals surface area contributed by atoms with Crippen molar-refractivity contribution in [3.8, 4) is 0 Å². The van der Waals surface area contributed by atoms with Crippen LogP contribution in [0.1, 0.15) is 27.2 Å². The fourth-order valence-corrected chi connectivity index (χ4v) is 2.04. The van der Waals surface area contributed by atoms with Crippen molar-refractivity contribution in [2.24, 2.45) is 17.6 Å². The fourth-order valence-electron chi connectivity index (χ4n) is 2.04. The molecular weight excluding hydrogens is 256 g/mol. The molecule has 0 saturated carbocycles. The summed E-state index contributed by atoms with van der Waals surface area (Å²) in [6.45, 7) is 7.16. The van der Waals surface area contributed by atoms with E-state index in [9.17, 15) is 9.59 Å². The highest BCUT2D eigenvalue weighted by atomic mass is 16.2. The molecule has 1 fully saturated rings. The zero-order valence-corrected chi connectivity index (χ0v) is 12.4. The van der Waals surface area contributed by atoms with E-state index < -0.39 is 0 Å². The number of nitrogens with one attached hydrogen (secondary N) is 2. The third-order valence-electron chi connectivity index (χ3n) is 3.41. The van der Waals surface area contributed by atoms with Crippen molar-refractivity contribution in [1.82, 2.24) is 10.2 Å². The number of hydrogen-bond acceptors (Lipinski definition) is 4. The molecule has 6 nitrogen and oxygen atoms in total. The van der Waals surface area contributed by atoms with Crippen molar-refractivity contribution in [2.75, 3.05) is 19.6 Å². The molecule has 1 unspecified atom stereocenters. The summed E-state index contributed by atoms with van der Waals surface area (Å²) in [5.41, 5.74) is 6.15. The molecule has 1 heterocycles. The second-order valence-corrected chi connectivity index (χ2v) is 5.34. The number of allylic oxidation sites excluding steroid dienone is 1. The molecule has 20 heavy (non-hydrogen) atoms. The number of carbonyl (C=O) groups is 2. The quantitative estimate of drug-likeness (QED) is 0.639. The molecule has 0 spiro atoms. The van der Waals surface area contributed by atoms with Gasteiger partial charge in [0.25, 0.3) is 5.91 Å². The van der Waals surface area contributed by atoms with Gasteiger partial charge in [-0.1, -0.05) is 13.8 Å². The maximum absolute atomic E-state index is 12.1. The zero-order chi connectivity index (χ0) is 15.3. The number of amides is 2. The van der Waals surface area contributed by atoms with E-state index in [0.717, 1.165) is 0 Å². The maximum atomic E-state index is 12.1. The Morgan fingerprint density at radius 2 is 2.15 bits per heavy atom. The van der Waals surface area contributed by atoms with Gasteiger partial charge in [-0.25, -0.2) is 0 Å². The van der Waals surface area contributed by atoms with Crippen LogP contribution in [0.25, 0.3) is 0 Å². The molecule has 4 N–H and O–H groups in total. The van der Waals surface area contributed by atoms with Gasteiger partial charge in [0.15, 0.2) is 0 Å². The Bertz CT molecular complexity index is 429. The first-order valence-electron chi connectivity index (χ1n) is 6.99. The Kier molecular flexibility index (Phi) is 5.73. The topological polar surface area (TPSA) is 99.3 Å². The standard InChI is InChI=1S/C14H24N4O2/c1-4-17-13(19)10-5-6-18(8-10)14(20)12(16)7-11(15)9(2)3/h7,9-10,16H,4-6,8,15H2,1-3H3,(H,17,19). The van der Waals surface area contributed by atoms with Crippen molar-refractivity contribution in [3.63, 3.8) is 0 Å². The molecule has 0 bridgehead atoms. The molecule has 1 aliphatic heterocycles. The van der Waals surface area contributed by atoms with Gasteiger partial charge in [0.05, 0.1) is 5.92 Å². The fraction of sp³-hybridized carbons (Fsp3) is 0.643. The average Bonchev–Trinajstić information content (AvgIpc) is 2.87. The third-order valence-corrected chi connectivity index (χ3v) is 3.41. The summed E-state index contributed by atoms with van der Waals surface area (Å²) < 4.78 is 0. The van der Waals surface area contributed by atoms with Crippen molar-refractivity contribution in [3.05, 3.63) is 11.8 Å². The van der Waals surface area contributed by atoms with E-state index >= 15 is 0 Å². The number of hydrogen-bond donors (Lipinski definition) is 3.